The molecule has 0 bridgehead atoms. The van der Waals surface area contributed by atoms with Crippen LogP contribution in [0.3, 0.4) is 0 Å². The molecule has 1 heterocycles. The van der Waals surface area contributed by atoms with Gasteiger partial charge in [0, 0.05) is 36.1 Å². The van der Waals surface area contributed by atoms with Crippen LogP contribution in [0.15, 0.2) is 24.4 Å². The van der Waals surface area contributed by atoms with E-state index in [1.54, 1.807) is 0 Å². The van der Waals surface area contributed by atoms with Crippen LogP contribution in [0.1, 0.15) is 28.8 Å². The summed E-state index contributed by atoms with van der Waals surface area (Å²) in [5.74, 6) is 0.297. The highest BCUT2D eigenvalue weighted by molar-refractivity contribution is 6.09. The SMILES string of the molecule is Cn1cc2c3c(cccc31)CCCC2=O. The predicted octanol–water partition coefficient (Wildman–Crippen LogP) is 2.70. The van der Waals surface area contributed by atoms with E-state index >= 15 is 0 Å². The number of hydrogen-bond donors (Lipinski definition) is 0. The molecule has 0 N–H and O–H groups in total. The molecule has 1 aliphatic carbocycles. The molecule has 2 heteroatoms. The number of benzene rings is 1. The number of carbonyl (C=O) groups is 1. The lowest BCUT2D eigenvalue weighted by Gasteiger charge is -2.01. The fraction of sp³-hybridized carbons (Fsp3) is 0.308. The fourth-order valence-corrected chi connectivity index (χ4v) is 2.51. The molecule has 0 atom stereocenters. The van der Waals surface area contributed by atoms with Gasteiger partial charge >= 0.3 is 0 Å². The van der Waals surface area contributed by atoms with Gasteiger partial charge in [-0.15, -0.1) is 0 Å². The van der Waals surface area contributed by atoms with Crippen LogP contribution in [0.4, 0.5) is 0 Å². The maximum absolute atomic E-state index is 11.9. The van der Waals surface area contributed by atoms with Gasteiger partial charge in [-0.2, -0.15) is 0 Å². The van der Waals surface area contributed by atoms with Gasteiger partial charge < -0.3 is 4.57 Å². The van der Waals surface area contributed by atoms with Crippen molar-refractivity contribution in [2.45, 2.75) is 19.3 Å². The van der Waals surface area contributed by atoms with E-state index in [1.807, 2.05) is 13.2 Å². The largest absolute Gasteiger partial charge is 0.350 e. The topological polar surface area (TPSA) is 22.0 Å². The van der Waals surface area contributed by atoms with Gasteiger partial charge in [-0.1, -0.05) is 12.1 Å². The van der Waals surface area contributed by atoms with Crippen LogP contribution < -0.4 is 0 Å². The summed E-state index contributed by atoms with van der Waals surface area (Å²) in [6.07, 6.45) is 4.67. The van der Waals surface area contributed by atoms with Gasteiger partial charge in [0.2, 0.25) is 0 Å². The minimum atomic E-state index is 0.297. The lowest BCUT2D eigenvalue weighted by Crippen LogP contribution is -1.95. The van der Waals surface area contributed by atoms with Crippen molar-refractivity contribution >= 4 is 16.7 Å². The van der Waals surface area contributed by atoms with Crippen LogP contribution in [0, 0.1) is 0 Å². The number of nitrogens with zero attached hydrogens (tertiary/aromatic N) is 1. The number of Topliss-reactive ketones (excluding diaryl/α,β-unsaturated/α-hetero) is 1. The van der Waals surface area contributed by atoms with Crippen molar-refractivity contribution in [1.29, 1.82) is 0 Å². The maximum atomic E-state index is 11.9. The molecule has 0 unspecified atom stereocenters. The molecule has 2 aromatic rings. The number of carbonyl (C=O) groups excluding carboxylic acids is 1. The standard InChI is InChI=1S/C13H13NO/c1-14-8-10-12(15)7-3-5-9-4-2-6-11(14)13(9)10/h2,4,6,8H,3,5,7H2,1H3. The third kappa shape index (κ3) is 1.14. The molecule has 1 aliphatic rings. The number of rotatable bonds is 0. The summed E-state index contributed by atoms with van der Waals surface area (Å²) in [5.41, 5.74) is 3.42. The number of ketones is 1. The zero-order chi connectivity index (χ0) is 10.4. The van der Waals surface area contributed by atoms with E-state index in [-0.39, 0.29) is 0 Å². The first-order valence-electron chi connectivity index (χ1n) is 5.37. The molecule has 1 aromatic carbocycles. The summed E-state index contributed by atoms with van der Waals surface area (Å²) in [6, 6.07) is 6.31. The van der Waals surface area contributed by atoms with Crippen molar-refractivity contribution < 1.29 is 4.79 Å². The lowest BCUT2D eigenvalue weighted by atomic mass is 10.1. The summed E-state index contributed by atoms with van der Waals surface area (Å²) in [4.78, 5) is 11.9. The second-order valence-corrected chi connectivity index (χ2v) is 4.24. The molecule has 76 valence electrons. The van der Waals surface area contributed by atoms with E-state index in [1.165, 1.54) is 16.5 Å². The molecule has 0 spiro atoms. The monoisotopic (exact) mass is 199 g/mol. The minimum absolute atomic E-state index is 0.297. The van der Waals surface area contributed by atoms with Crippen molar-refractivity contribution in [3.8, 4) is 0 Å². The van der Waals surface area contributed by atoms with E-state index in [2.05, 4.69) is 22.8 Å². The Hall–Kier alpha value is -1.57. The highest BCUT2D eigenvalue weighted by Gasteiger charge is 2.19. The van der Waals surface area contributed by atoms with Crippen LogP contribution in [0.2, 0.25) is 0 Å². The van der Waals surface area contributed by atoms with Crippen LogP contribution >= 0.6 is 0 Å². The highest BCUT2D eigenvalue weighted by atomic mass is 16.1. The van der Waals surface area contributed by atoms with Gasteiger partial charge in [-0.05, 0) is 24.5 Å². The maximum Gasteiger partial charge on any atom is 0.165 e. The zero-order valence-corrected chi connectivity index (χ0v) is 8.79. The van der Waals surface area contributed by atoms with Gasteiger partial charge in [0.1, 0.15) is 0 Å². The Kier molecular flexibility index (Phi) is 1.72. The Morgan fingerprint density at radius 1 is 1.27 bits per heavy atom. The highest BCUT2D eigenvalue weighted by Crippen LogP contribution is 2.29. The molecule has 0 amide bonds. The zero-order valence-electron chi connectivity index (χ0n) is 8.79. The normalized spacial score (nSPS) is 15.7. The molecule has 3 rings (SSSR count). The van der Waals surface area contributed by atoms with Crippen LogP contribution in [0.5, 0.6) is 0 Å². The summed E-state index contributed by atoms with van der Waals surface area (Å²) in [7, 11) is 2.00. The third-order valence-electron chi connectivity index (χ3n) is 3.25. The fourth-order valence-electron chi connectivity index (χ4n) is 2.51. The molecule has 1 aromatic heterocycles. The van der Waals surface area contributed by atoms with Gasteiger partial charge in [-0.3, -0.25) is 4.79 Å². The summed E-state index contributed by atoms with van der Waals surface area (Å²) < 4.78 is 2.05. The van der Waals surface area contributed by atoms with Gasteiger partial charge in [0.05, 0.1) is 0 Å². The summed E-state index contributed by atoms with van der Waals surface area (Å²) in [5, 5.41) is 1.18. The molecule has 15 heavy (non-hydrogen) atoms. The number of aromatic nitrogens is 1. The van der Waals surface area contributed by atoms with E-state index < -0.39 is 0 Å². The Morgan fingerprint density at radius 3 is 3.00 bits per heavy atom. The Balaban J connectivity index is 2.47. The number of aryl methyl sites for hydroxylation is 2. The quantitative estimate of drug-likeness (QED) is 0.639. The lowest BCUT2D eigenvalue weighted by molar-refractivity contribution is 0.0983. The Labute approximate surface area is 88.5 Å². The minimum Gasteiger partial charge on any atom is -0.350 e. The third-order valence-corrected chi connectivity index (χ3v) is 3.25. The van der Waals surface area contributed by atoms with Gasteiger partial charge in [0.25, 0.3) is 0 Å². The molecule has 0 saturated carbocycles. The first-order chi connectivity index (χ1) is 7.27. The second-order valence-electron chi connectivity index (χ2n) is 4.24. The summed E-state index contributed by atoms with van der Waals surface area (Å²) in [6.45, 7) is 0. The first kappa shape index (κ1) is 8.72. The van der Waals surface area contributed by atoms with E-state index in [0.29, 0.717) is 12.2 Å². The molecule has 0 aliphatic heterocycles. The van der Waals surface area contributed by atoms with Crippen molar-refractivity contribution in [1.82, 2.24) is 4.57 Å². The molecule has 0 radical (unpaired) electrons. The molecule has 0 fully saturated rings. The Morgan fingerprint density at radius 2 is 2.13 bits per heavy atom. The van der Waals surface area contributed by atoms with Crippen molar-refractivity contribution in [3.05, 3.63) is 35.5 Å². The molecular formula is C13H13NO. The predicted molar refractivity (Wildman–Crippen MR) is 60.2 cm³/mol. The first-order valence-corrected chi connectivity index (χ1v) is 5.37. The van der Waals surface area contributed by atoms with E-state index in [9.17, 15) is 4.79 Å². The average molecular weight is 199 g/mol. The van der Waals surface area contributed by atoms with Crippen LogP contribution in [-0.4, -0.2) is 10.4 Å². The van der Waals surface area contributed by atoms with Gasteiger partial charge in [-0.25, -0.2) is 0 Å². The van der Waals surface area contributed by atoms with Crippen molar-refractivity contribution in [3.63, 3.8) is 0 Å². The number of hydrogen-bond acceptors (Lipinski definition) is 1. The molecule has 2 nitrogen and oxygen atoms in total. The van der Waals surface area contributed by atoms with E-state index in [4.69, 9.17) is 0 Å². The van der Waals surface area contributed by atoms with Crippen LogP contribution in [0.25, 0.3) is 10.9 Å². The van der Waals surface area contributed by atoms with E-state index in [0.717, 1.165) is 18.4 Å². The van der Waals surface area contributed by atoms with Gasteiger partial charge in [0.15, 0.2) is 5.78 Å². The summed E-state index contributed by atoms with van der Waals surface area (Å²) >= 11 is 0. The van der Waals surface area contributed by atoms with Crippen molar-refractivity contribution in [2.75, 3.05) is 0 Å². The van der Waals surface area contributed by atoms with Crippen LogP contribution in [-0.2, 0) is 13.5 Å². The molecule has 0 saturated heterocycles. The van der Waals surface area contributed by atoms with Crippen molar-refractivity contribution in [2.24, 2.45) is 7.05 Å². The average Bonchev–Trinajstić information content (AvgIpc) is 2.48. The second kappa shape index (κ2) is 2.96. The smallest absolute Gasteiger partial charge is 0.165 e. The Bertz CT molecular complexity index is 551. The molecular weight excluding hydrogens is 186 g/mol.